The molecule has 0 bridgehead atoms. The van der Waals surface area contributed by atoms with Crippen LogP contribution in [-0.4, -0.2) is 21.6 Å². The first kappa shape index (κ1) is 13.7. The van der Waals surface area contributed by atoms with Crippen LogP contribution in [-0.2, 0) is 10.0 Å². The second-order valence-electron chi connectivity index (χ2n) is 3.52. The summed E-state index contributed by atoms with van der Waals surface area (Å²) in [5, 5.41) is 0. The number of aryl methyl sites for hydroxylation is 1. The predicted molar refractivity (Wildman–Crippen MR) is 67.7 cm³/mol. The minimum absolute atomic E-state index is 0.159. The molecule has 0 spiro atoms. The Morgan fingerprint density at radius 2 is 2.18 bits per heavy atom. The normalized spacial score (nSPS) is 11.2. The van der Waals surface area contributed by atoms with Crippen molar-refractivity contribution in [3.05, 3.63) is 36.4 Å². The van der Waals surface area contributed by atoms with Gasteiger partial charge >= 0.3 is 0 Å². The SMILES string of the molecule is C=CCNS(=O)(=O)c1ccc(C)cc1OCC. The average molecular weight is 255 g/mol. The van der Waals surface area contributed by atoms with Crippen molar-refractivity contribution in [3.63, 3.8) is 0 Å². The quantitative estimate of drug-likeness (QED) is 0.789. The Balaban J connectivity index is 3.15. The summed E-state index contributed by atoms with van der Waals surface area (Å²) in [5.41, 5.74) is 0.955. The molecular weight excluding hydrogens is 238 g/mol. The summed E-state index contributed by atoms with van der Waals surface area (Å²) in [5.74, 6) is 0.379. The molecule has 1 aromatic rings. The molecule has 0 unspecified atom stereocenters. The first-order chi connectivity index (χ1) is 8.01. The van der Waals surface area contributed by atoms with Gasteiger partial charge in [0.05, 0.1) is 6.61 Å². The van der Waals surface area contributed by atoms with Crippen LogP contribution in [0.1, 0.15) is 12.5 Å². The maximum absolute atomic E-state index is 12.0. The van der Waals surface area contributed by atoms with Gasteiger partial charge in [0, 0.05) is 6.54 Å². The van der Waals surface area contributed by atoms with E-state index in [0.717, 1.165) is 5.56 Å². The molecular formula is C12H17NO3S. The van der Waals surface area contributed by atoms with Gasteiger partial charge in [-0.05, 0) is 31.5 Å². The Bertz CT molecular complexity index is 494. The van der Waals surface area contributed by atoms with Gasteiger partial charge in [0.2, 0.25) is 10.0 Å². The molecule has 0 radical (unpaired) electrons. The highest BCUT2D eigenvalue weighted by Gasteiger charge is 2.18. The molecule has 0 fully saturated rings. The van der Waals surface area contributed by atoms with E-state index in [4.69, 9.17) is 4.74 Å². The van der Waals surface area contributed by atoms with Crippen LogP contribution in [0.4, 0.5) is 0 Å². The molecule has 0 amide bonds. The summed E-state index contributed by atoms with van der Waals surface area (Å²) in [6.45, 7) is 7.79. The number of nitrogens with one attached hydrogen (secondary N) is 1. The Morgan fingerprint density at radius 3 is 2.76 bits per heavy atom. The number of sulfonamides is 1. The first-order valence-corrected chi connectivity index (χ1v) is 6.83. The van der Waals surface area contributed by atoms with Crippen molar-refractivity contribution >= 4 is 10.0 Å². The van der Waals surface area contributed by atoms with Crippen molar-refractivity contribution in [2.45, 2.75) is 18.7 Å². The second kappa shape index (κ2) is 5.84. The first-order valence-electron chi connectivity index (χ1n) is 5.35. The molecule has 4 nitrogen and oxygen atoms in total. The van der Waals surface area contributed by atoms with Gasteiger partial charge in [-0.3, -0.25) is 0 Å². The van der Waals surface area contributed by atoms with Crippen molar-refractivity contribution in [2.24, 2.45) is 0 Å². The molecule has 5 heteroatoms. The molecule has 1 rings (SSSR count). The zero-order valence-electron chi connectivity index (χ0n) is 10.1. The molecule has 0 saturated carbocycles. The van der Waals surface area contributed by atoms with E-state index in [1.165, 1.54) is 6.08 Å². The fraction of sp³-hybridized carbons (Fsp3) is 0.333. The number of ether oxygens (including phenoxy) is 1. The van der Waals surface area contributed by atoms with Gasteiger partial charge in [-0.15, -0.1) is 6.58 Å². The largest absolute Gasteiger partial charge is 0.492 e. The van der Waals surface area contributed by atoms with Gasteiger partial charge in [-0.2, -0.15) is 0 Å². The van der Waals surface area contributed by atoms with Crippen LogP contribution in [0.2, 0.25) is 0 Å². The molecule has 1 N–H and O–H groups in total. The van der Waals surface area contributed by atoms with E-state index in [1.54, 1.807) is 18.2 Å². The Kier molecular flexibility index (Phi) is 4.72. The van der Waals surface area contributed by atoms with Gasteiger partial charge < -0.3 is 4.74 Å². The van der Waals surface area contributed by atoms with Gasteiger partial charge in [0.25, 0.3) is 0 Å². The van der Waals surface area contributed by atoms with Crippen molar-refractivity contribution in [3.8, 4) is 5.75 Å². The molecule has 0 heterocycles. The molecule has 17 heavy (non-hydrogen) atoms. The molecule has 0 aliphatic heterocycles. The van der Waals surface area contributed by atoms with Crippen molar-refractivity contribution < 1.29 is 13.2 Å². The summed E-state index contributed by atoms with van der Waals surface area (Å²) >= 11 is 0. The van der Waals surface area contributed by atoms with Crippen molar-refractivity contribution in [2.75, 3.05) is 13.2 Å². The van der Waals surface area contributed by atoms with E-state index >= 15 is 0 Å². The molecule has 0 saturated heterocycles. The zero-order valence-corrected chi connectivity index (χ0v) is 10.9. The van der Waals surface area contributed by atoms with Crippen LogP contribution in [0, 0.1) is 6.92 Å². The third-order valence-electron chi connectivity index (χ3n) is 2.11. The minimum Gasteiger partial charge on any atom is -0.492 e. The van der Waals surface area contributed by atoms with Gasteiger partial charge in [0.1, 0.15) is 10.6 Å². The van der Waals surface area contributed by atoms with Gasteiger partial charge in [-0.1, -0.05) is 12.1 Å². The summed E-state index contributed by atoms with van der Waals surface area (Å²) in [6, 6.07) is 5.00. The van der Waals surface area contributed by atoms with Crippen molar-refractivity contribution in [1.29, 1.82) is 0 Å². The maximum Gasteiger partial charge on any atom is 0.244 e. The highest BCUT2D eigenvalue weighted by molar-refractivity contribution is 7.89. The molecule has 94 valence electrons. The molecule has 0 aliphatic rings. The van der Waals surface area contributed by atoms with Gasteiger partial charge in [-0.25, -0.2) is 13.1 Å². The summed E-state index contributed by atoms with van der Waals surface area (Å²) < 4.78 is 31.7. The number of hydrogen-bond acceptors (Lipinski definition) is 3. The third-order valence-corrected chi connectivity index (χ3v) is 3.57. The van der Waals surface area contributed by atoms with E-state index < -0.39 is 10.0 Å². The van der Waals surface area contributed by atoms with E-state index in [-0.39, 0.29) is 11.4 Å². The molecule has 1 aromatic carbocycles. The summed E-state index contributed by atoms with van der Waals surface area (Å²) in [4.78, 5) is 0.159. The average Bonchev–Trinajstić information content (AvgIpc) is 2.27. The monoisotopic (exact) mass is 255 g/mol. The standard InChI is InChI=1S/C12H17NO3S/c1-4-8-13-17(14,15)12-7-6-10(3)9-11(12)16-5-2/h4,6-7,9,13H,1,5,8H2,2-3H3. The maximum atomic E-state index is 12.0. The number of benzene rings is 1. The van der Waals surface area contributed by atoms with E-state index in [2.05, 4.69) is 11.3 Å². The smallest absolute Gasteiger partial charge is 0.244 e. The van der Waals surface area contributed by atoms with Crippen LogP contribution in [0.15, 0.2) is 35.7 Å². The van der Waals surface area contributed by atoms with Crippen molar-refractivity contribution in [1.82, 2.24) is 4.72 Å². The fourth-order valence-electron chi connectivity index (χ4n) is 1.35. The minimum atomic E-state index is -3.54. The topological polar surface area (TPSA) is 55.4 Å². The van der Waals surface area contributed by atoms with Crippen LogP contribution in [0.3, 0.4) is 0 Å². The highest BCUT2D eigenvalue weighted by atomic mass is 32.2. The Morgan fingerprint density at radius 1 is 1.47 bits per heavy atom. The highest BCUT2D eigenvalue weighted by Crippen LogP contribution is 2.24. The lowest BCUT2D eigenvalue weighted by atomic mass is 10.2. The van der Waals surface area contributed by atoms with Crippen LogP contribution in [0.25, 0.3) is 0 Å². The summed E-state index contributed by atoms with van der Waals surface area (Å²) in [6.07, 6.45) is 1.49. The Labute approximate surface area is 102 Å². The lowest BCUT2D eigenvalue weighted by Crippen LogP contribution is -2.24. The Hall–Kier alpha value is -1.33. The van der Waals surface area contributed by atoms with E-state index in [9.17, 15) is 8.42 Å². The van der Waals surface area contributed by atoms with Gasteiger partial charge in [0.15, 0.2) is 0 Å². The third kappa shape index (κ3) is 3.57. The second-order valence-corrected chi connectivity index (χ2v) is 5.26. The number of rotatable bonds is 6. The summed E-state index contributed by atoms with van der Waals surface area (Å²) in [7, 11) is -3.54. The van der Waals surface area contributed by atoms with Crippen LogP contribution >= 0.6 is 0 Å². The zero-order chi connectivity index (χ0) is 12.9. The predicted octanol–water partition coefficient (Wildman–Crippen LogP) is 1.86. The van der Waals surface area contributed by atoms with E-state index in [1.807, 2.05) is 13.8 Å². The molecule has 0 atom stereocenters. The lowest BCUT2D eigenvalue weighted by molar-refractivity contribution is 0.331. The van der Waals surface area contributed by atoms with Crippen LogP contribution in [0.5, 0.6) is 5.75 Å². The van der Waals surface area contributed by atoms with Crippen LogP contribution < -0.4 is 9.46 Å². The fourth-order valence-corrected chi connectivity index (χ4v) is 2.47. The lowest BCUT2D eigenvalue weighted by Gasteiger charge is -2.11. The molecule has 0 aliphatic carbocycles. The molecule has 0 aromatic heterocycles. The number of hydrogen-bond donors (Lipinski definition) is 1. The van der Waals surface area contributed by atoms with E-state index in [0.29, 0.717) is 12.4 Å².